The number of nitrogens with two attached hydrogens (primary N) is 1. The number of anilines is 1. The molecule has 0 bridgehead atoms. The number of aromatic carboxylic acids is 1. The maximum Gasteiger partial charge on any atom is 0.337 e. The topological polar surface area (TPSA) is 63.3 Å². The first kappa shape index (κ1) is 15.9. The van der Waals surface area contributed by atoms with Crippen LogP contribution in [0.2, 0.25) is 5.02 Å². The van der Waals surface area contributed by atoms with Crippen molar-refractivity contribution in [3.8, 4) is 11.1 Å². The molecule has 3 N–H and O–H groups in total. The summed E-state index contributed by atoms with van der Waals surface area (Å²) in [6.45, 7) is 0. The van der Waals surface area contributed by atoms with Crippen molar-refractivity contribution in [1.29, 1.82) is 0 Å². The molecule has 0 aliphatic rings. The highest BCUT2D eigenvalue weighted by Gasteiger charge is 2.23. The summed E-state index contributed by atoms with van der Waals surface area (Å²) in [5.74, 6) is -4.71. The summed E-state index contributed by atoms with van der Waals surface area (Å²) in [5, 5.41) is 8.78. The molecular weight excluding hydrogens is 421 g/mol. The smallest absolute Gasteiger partial charge is 0.337 e. The molecule has 0 saturated heterocycles. The fourth-order valence-electron chi connectivity index (χ4n) is 1.82. The van der Waals surface area contributed by atoms with E-state index < -0.39 is 29.0 Å². The third-order valence-electron chi connectivity index (χ3n) is 2.74. The summed E-state index contributed by atoms with van der Waals surface area (Å²) >= 11 is 7.55. The van der Waals surface area contributed by atoms with Crippen molar-refractivity contribution in [2.75, 3.05) is 5.73 Å². The van der Waals surface area contributed by atoms with Crippen LogP contribution in [0.3, 0.4) is 0 Å². The molecule has 8 heteroatoms. The van der Waals surface area contributed by atoms with Crippen LogP contribution in [0.4, 0.5) is 18.9 Å². The van der Waals surface area contributed by atoms with Gasteiger partial charge in [-0.05, 0) is 28.7 Å². The van der Waals surface area contributed by atoms with E-state index in [4.69, 9.17) is 22.4 Å². The number of hydrogen-bond acceptors (Lipinski definition) is 2. The predicted octanol–water partition coefficient (Wildman–Crippen LogP) is 4.31. The maximum atomic E-state index is 13.8. The van der Waals surface area contributed by atoms with Gasteiger partial charge in [0.2, 0.25) is 0 Å². The molecule has 2 rings (SSSR count). The van der Waals surface area contributed by atoms with Crippen molar-refractivity contribution >= 4 is 45.8 Å². The minimum Gasteiger partial charge on any atom is -0.478 e. The number of carboxylic acids is 1. The van der Waals surface area contributed by atoms with Gasteiger partial charge in [0.15, 0.2) is 0 Å². The number of benzene rings is 2. The Morgan fingerprint density at radius 3 is 2.14 bits per heavy atom. The Kier molecular flexibility index (Phi) is 4.33. The lowest BCUT2D eigenvalue weighted by molar-refractivity contribution is 0.0698. The predicted molar refractivity (Wildman–Crippen MR) is 80.9 cm³/mol. The van der Waals surface area contributed by atoms with E-state index in [1.54, 1.807) is 22.6 Å². The Balaban J connectivity index is 2.83. The second-order valence-electron chi connectivity index (χ2n) is 4.06. The van der Waals surface area contributed by atoms with Gasteiger partial charge in [0.05, 0.1) is 21.8 Å². The summed E-state index contributed by atoms with van der Waals surface area (Å²) in [7, 11) is 0. The van der Waals surface area contributed by atoms with E-state index >= 15 is 0 Å². The Bertz CT molecular complexity index is 745. The summed E-state index contributed by atoms with van der Waals surface area (Å²) < 4.78 is 40.7. The average molecular weight is 428 g/mol. The van der Waals surface area contributed by atoms with Crippen LogP contribution in [0.1, 0.15) is 10.4 Å². The molecule has 0 unspecified atom stereocenters. The molecule has 3 nitrogen and oxygen atoms in total. The van der Waals surface area contributed by atoms with E-state index in [9.17, 15) is 18.0 Å². The van der Waals surface area contributed by atoms with Crippen molar-refractivity contribution < 1.29 is 23.1 Å². The molecule has 0 spiro atoms. The number of carbonyl (C=O) groups is 1. The number of nitrogen functional groups attached to an aromatic ring is 1. The normalized spacial score (nSPS) is 10.7. The van der Waals surface area contributed by atoms with Gasteiger partial charge in [-0.1, -0.05) is 11.6 Å². The number of hydrogen-bond donors (Lipinski definition) is 2. The second-order valence-corrected chi connectivity index (χ2v) is 5.54. The lowest BCUT2D eigenvalue weighted by Crippen LogP contribution is -2.07. The van der Waals surface area contributed by atoms with E-state index in [0.29, 0.717) is 12.1 Å². The Labute approximate surface area is 135 Å². The van der Waals surface area contributed by atoms with Crippen molar-refractivity contribution in [3.63, 3.8) is 0 Å². The third-order valence-corrected chi connectivity index (χ3v) is 4.16. The highest BCUT2D eigenvalue weighted by molar-refractivity contribution is 14.1. The first-order valence-corrected chi connectivity index (χ1v) is 6.85. The van der Waals surface area contributed by atoms with Gasteiger partial charge in [-0.2, -0.15) is 0 Å². The van der Waals surface area contributed by atoms with Gasteiger partial charge >= 0.3 is 5.97 Å². The van der Waals surface area contributed by atoms with E-state index in [2.05, 4.69) is 0 Å². The van der Waals surface area contributed by atoms with Crippen LogP contribution in [0, 0.1) is 21.0 Å². The molecule has 0 aliphatic carbocycles. The minimum absolute atomic E-state index is 0.0712. The zero-order valence-corrected chi connectivity index (χ0v) is 13.0. The van der Waals surface area contributed by atoms with Crippen LogP contribution < -0.4 is 5.73 Å². The number of carboxylic acid groups (broad SMARTS) is 1. The maximum absolute atomic E-state index is 13.8. The van der Waals surface area contributed by atoms with Gasteiger partial charge in [0.1, 0.15) is 17.5 Å². The van der Waals surface area contributed by atoms with E-state index in [-0.39, 0.29) is 25.4 Å². The first-order chi connectivity index (χ1) is 9.73. The van der Waals surface area contributed by atoms with Crippen molar-refractivity contribution in [3.05, 3.63) is 49.8 Å². The summed E-state index contributed by atoms with van der Waals surface area (Å²) in [6, 6.07) is 2.01. The second kappa shape index (κ2) is 5.72. The number of rotatable bonds is 2. The van der Waals surface area contributed by atoms with Crippen LogP contribution in [0.25, 0.3) is 11.1 Å². The summed E-state index contributed by atoms with van der Waals surface area (Å²) in [6.07, 6.45) is 0. The van der Waals surface area contributed by atoms with E-state index in [0.717, 1.165) is 6.07 Å². The van der Waals surface area contributed by atoms with Gasteiger partial charge < -0.3 is 10.8 Å². The highest BCUT2D eigenvalue weighted by atomic mass is 127. The molecule has 0 radical (unpaired) electrons. The molecule has 2 aromatic carbocycles. The monoisotopic (exact) mass is 427 g/mol. The van der Waals surface area contributed by atoms with Crippen molar-refractivity contribution in [2.45, 2.75) is 0 Å². The zero-order valence-electron chi connectivity index (χ0n) is 10.1. The van der Waals surface area contributed by atoms with Crippen LogP contribution in [0.15, 0.2) is 18.2 Å². The Morgan fingerprint density at radius 1 is 1.14 bits per heavy atom. The quantitative estimate of drug-likeness (QED) is 0.555. The number of halogens is 5. The van der Waals surface area contributed by atoms with Crippen molar-refractivity contribution in [2.24, 2.45) is 0 Å². The van der Waals surface area contributed by atoms with Crippen LogP contribution in [-0.4, -0.2) is 11.1 Å². The largest absolute Gasteiger partial charge is 0.478 e. The van der Waals surface area contributed by atoms with E-state index in [1.165, 1.54) is 0 Å². The zero-order chi connectivity index (χ0) is 15.9. The molecule has 0 aliphatic heterocycles. The highest BCUT2D eigenvalue weighted by Crippen LogP contribution is 2.40. The minimum atomic E-state index is -1.32. The fraction of sp³-hybridized carbons (Fsp3) is 0. The van der Waals surface area contributed by atoms with Gasteiger partial charge in [0, 0.05) is 21.3 Å². The Hall–Kier alpha value is -1.48. The third kappa shape index (κ3) is 2.80. The van der Waals surface area contributed by atoms with E-state index in [1.807, 2.05) is 0 Å². The summed E-state index contributed by atoms with van der Waals surface area (Å²) in [5.41, 5.74) is 4.52. The van der Waals surface area contributed by atoms with Gasteiger partial charge in [0.25, 0.3) is 0 Å². The fourth-order valence-corrected chi connectivity index (χ4v) is 3.13. The molecule has 0 saturated carbocycles. The Morgan fingerprint density at radius 2 is 1.67 bits per heavy atom. The lowest BCUT2D eigenvalue weighted by Gasteiger charge is -2.14. The van der Waals surface area contributed by atoms with Crippen LogP contribution in [0.5, 0.6) is 0 Å². The SMILES string of the molecule is Nc1c(C(=O)O)cc(Cl)c(-c2c(F)cc(F)cc2F)c1I. The molecule has 0 atom stereocenters. The molecule has 21 heavy (non-hydrogen) atoms. The lowest BCUT2D eigenvalue weighted by atomic mass is 10.0. The average Bonchev–Trinajstić information content (AvgIpc) is 2.36. The van der Waals surface area contributed by atoms with Gasteiger partial charge in [-0.25, -0.2) is 18.0 Å². The molecule has 0 heterocycles. The molecule has 110 valence electrons. The van der Waals surface area contributed by atoms with Crippen LogP contribution >= 0.6 is 34.2 Å². The molecule has 0 amide bonds. The van der Waals surface area contributed by atoms with Gasteiger partial charge in [-0.15, -0.1) is 0 Å². The molecule has 0 aromatic heterocycles. The van der Waals surface area contributed by atoms with Crippen LogP contribution in [-0.2, 0) is 0 Å². The first-order valence-electron chi connectivity index (χ1n) is 5.39. The standard InChI is InChI=1S/C13H6ClF3INO2/c14-6-3-5(13(20)21)12(19)11(18)9(6)10-7(16)1-4(15)2-8(10)17/h1-3H,19H2,(H,20,21). The molecule has 0 fully saturated rings. The summed E-state index contributed by atoms with van der Waals surface area (Å²) in [4.78, 5) is 11.0. The van der Waals surface area contributed by atoms with Crippen molar-refractivity contribution in [1.82, 2.24) is 0 Å². The molecule has 2 aromatic rings. The molecular formula is C13H6ClF3INO2. The van der Waals surface area contributed by atoms with Gasteiger partial charge in [-0.3, -0.25) is 0 Å².